The largest absolute Gasteiger partial charge is 0.508 e. The monoisotopic (exact) mass is 390 g/mol. The number of aromatic hydroxyl groups is 1. The van der Waals surface area contributed by atoms with Gasteiger partial charge in [-0.2, -0.15) is 0 Å². The van der Waals surface area contributed by atoms with Crippen molar-refractivity contribution in [3.63, 3.8) is 0 Å². The highest BCUT2D eigenvalue weighted by Gasteiger charge is 2.47. The Balaban J connectivity index is 1.97. The highest BCUT2D eigenvalue weighted by molar-refractivity contribution is 6.51. The first-order valence-electron chi connectivity index (χ1n) is 8.73. The van der Waals surface area contributed by atoms with Gasteiger partial charge in [0.1, 0.15) is 17.3 Å². The highest BCUT2D eigenvalue weighted by Crippen LogP contribution is 2.42. The normalized spacial score (nSPS) is 18.2. The van der Waals surface area contributed by atoms with Gasteiger partial charge in [0, 0.05) is 23.6 Å². The standard InChI is InChI=1S/C22H15FN2O4/c23-15-4-2-5-16(12-15)25-19(14-3-1-6-17(26)11-14)18(21(28)22(25)29)20(27)13-7-9-24-10-8-13/h1-12,19,26-27H/b20-18+. The minimum absolute atomic E-state index is 0.0729. The summed E-state index contributed by atoms with van der Waals surface area (Å²) < 4.78 is 13.8. The number of pyridine rings is 1. The second kappa shape index (κ2) is 7.20. The average Bonchev–Trinajstić information content (AvgIpc) is 2.99. The Morgan fingerprint density at radius 2 is 1.72 bits per heavy atom. The number of phenolic OH excluding ortho intramolecular Hbond substituents is 1. The second-order valence-corrected chi connectivity index (χ2v) is 6.48. The Morgan fingerprint density at radius 3 is 2.41 bits per heavy atom. The SMILES string of the molecule is O=C1C(=O)N(c2cccc(F)c2)C(c2cccc(O)c2)/C1=C(\O)c1ccncc1. The highest BCUT2D eigenvalue weighted by atomic mass is 19.1. The minimum Gasteiger partial charge on any atom is -0.508 e. The lowest BCUT2D eigenvalue weighted by molar-refractivity contribution is -0.132. The molecule has 1 atom stereocenters. The first-order valence-corrected chi connectivity index (χ1v) is 8.73. The van der Waals surface area contributed by atoms with Crippen LogP contribution in [-0.4, -0.2) is 26.9 Å². The molecule has 1 saturated heterocycles. The van der Waals surface area contributed by atoms with E-state index in [1.165, 1.54) is 54.9 Å². The minimum atomic E-state index is -1.04. The Hall–Kier alpha value is -4.00. The van der Waals surface area contributed by atoms with E-state index in [-0.39, 0.29) is 22.8 Å². The molecule has 2 heterocycles. The van der Waals surface area contributed by atoms with E-state index in [2.05, 4.69) is 4.98 Å². The van der Waals surface area contributed by atoms with Crippen molar-refractivity contribution >= 4 is 23.1 Å². The molecule has 1 aromatic heterocycles. The predicted molar refractivity (Wildman–Crippen MR) is 104 cm³/mol. The molecule has 1 fully saturated rings. The third kappa shape index (κ3) is 3.23. The molecule has 6 nitrogen and oxygen atoms in total. The fourth-order valence-electron chi connectivity index (χ4n) is 3.40. The van der Waals surface area contributed by atoms with Gasteiger partial charge in [-0.25, -0.2) is 4.39 Å². The van der Waals surface area contributed by atoms with Gasteiger partial charge in [-0.15, -0.1) is 0 Å². The van der Waals surface area contributed by atoms with Crippen LogP contribution in [0.5, 0.6) is 5.75 Å². The van der Waals surface area contributed by atoms with Crippen molar-refractivity contribution in [1.82, 2.24) is 4.98 Å². The molecule has 3 aromatic rings. The van der Waals surface area contributed by atoms with Crippen LogP contribution in [0.3, 0.4) is 0 Å². The summed E-state index contributed by atoms with van der Waals surface area (Å²) in [6.07, 6.45) is 2.89. The van der Waals surface area contributed by atoms with Crippen LogP contribution in [0.1, 0.15) is 17.2 Å². The van der Waals surface area contributed by atoms with Crippen LogP contribution >= 0.6 is 0 Å². The first-order chi connectivity index (χ1) is 14.0. The Labute approximate surface area is 165 Å². The molecule has 0 radical (unpaired) electrons. The number of phenols is 1. The Morgan fingerprint density at radius 1 is 1.00 bits per heavy atom. The number of aromatic nitrogens is 1. The summed E-state index contributed by atoms with van der Waals surface area (Å²) in [7, 11) is 0. The molecule has 0 bridgehead atoms. The number of hydrogen-bond acceptors (Lipinski definition) is 5. The van der Waals surface area contributed by atoms with Crippen molar-refractivity contribution in [2.45, 2.75) is 6.04 Å². The molecule has 0 aliphatic carbocycles. The van der Waals surface area contributed by atoms with Gasteiger partial charge < -0.3 is 10.2 Å². The number of carbonyl (C=O) groups is 2. The van der Waals surface area contributed by atoms with E-state index in [9.17, 15) is 24.2 Å². The van der Waals surface area contributed by atoms with Crippen molar-refractivity contribution in [2.75, 3.05) is 4.90 Å². The van der Waals surface area contributed by atoms with Crippen molar-refractivity contribution < 1.29 is 24.2 Å². The van der Waals surface area contributed by atoms with E-state index < -0.39 is 23.5 Å². The number of benzene rings is 2. The van der Waals surface area contributed by atoms with E-state index in [1.807, 2.05) is 0 Å². The van der Waals surface area contributed by atoms with E-state index in [1.54, 1.807) is 12.1 Å². The summed E-state index contributed by atoms with van der Waals surface area (Å²) >= 11 is 0. The molecule has 0 saturated carbocycles. The Bertz CT molecular complexity index is 1140. The molecule has 4 rings (SSSR count). The van der Waals surface area contributed by atoms with Crippen molar-refractivity contribution in [3.8, 4) is 5.75 Å². The number of hydrogen-bond donors (Lipinski definition) is 2. The maximum atomic E-state index is 13.8. The van der Waals surface area contributed by atoms with Crippen LogP contribution in [0.4, 0.5) is 10.1 Å². The summed E-state index contributed by atoms with van der Waals surface area (Å²) in [5.74, 6) is -2.83. The van der Waals surface area contributed by atoms with Gasteiger partial charge in [0.2, 0.25) is 0 Å². The number of halogens is 1. The van der Waals surface area contributed by atoms with E-state index in [0.717, 1.165) is 11.0 Å². The lowest BCUT2D eigenvalue weighted by Crippen LogP contribution is -2.29. The number of rotatable bonds is 3. The zero-order valence-electron chi connectivity index (χ0n) is 15.0. The molecule has 144 valence electrons. The molecule has 1 unspecified atom stereocenters. The number of Topliss-reactive ketones (excluding diaryl/α,β-unsaturated/α-hetero) is 1. The number of aliphatic hydroxyl groups excluding tert-OH is 1. The predicted octanol–water partition coefficient (Wildman–Crippen LogP) is 3.55. The summed E-state index contributed by atoms with van der Waals surface area (Å²) in [5.41, 5.74) is 0.705. The van der Waals surface area contributed by atoms with Crippen LogP contribution in [0.15, 0.2) is 78.6 Å². The number of carbonyl (C=O) groups excluding carboxylic acids is 2. The van der Waals surface area contributed by atoms with E-state index in [4.69, 9.17) is 0 Å². The fraction of sp³-hybridized carbons (Fsp3) is 0.0455. The third-order valence-corrected chi connectivity index (χ3v) is 4.67. The molecule has 1 aliphatic heterocycles. The van der Waals surface area contributed by atoms with Crippen LogP contribution in [0.2, 0.25) is 0 Å². The average molecular weight is 390 g/mol. The maximum Gasteiger partial charge on any atom is 0.300 e. The topological polar surface area (TPSA) is 90.7 Å². The van der Waals surface area contributed by atoms with Crippen LogP contribution < -0.4 is 4.90 Å². The lowest BCUT2D eigenvalue weighted by atomic mass is 9.95. The smallest absolute Gasteiger partial charge is 0.300 e. The molecule has 1 amide bonds. The molecule has 0 spiro atoms. The molecule has 2 aromatic carbocycles. The van der Waals surface area contributed by atoms with Crippen molar-refractivity contribution in [3.05, 3.63) is 95.6 Å². The van der Waals surface area contributed by atoms with Gasteiger partial charge in [0.15, 0.2) is 0 Å². The lowest BCUT2D eigenvalue weighted by Gasteiger charge is -2.25. The van der Waals surface area contributed by atoms with Crippen LogP contribution in [0, 0.1) is 5.82 Å². The first kappa shape index (κ1) is 18.4. The molecule has 2 N–H and O–H groups in total. The van der Waals surface area contributed by atoms with Gasteiger partial charge in [-0.1, -0.05) is 18.2 Å². The molecule has 29 heavy (non-hydrogen) atoms. The van der Waals surface area contributed by atoms with Gasteiger partial charge in [-0.05, 0) is 48.0 Å². The number of anilines is 1. The maximum absolute atomic E-state index is 13.8. The molecular formula is C22H15FN2O4. The summed E-state index contributed by atoms with van der Waals surface area (Å²) in [4.78, 5) is 30.7. The summed E-state index contributed by atoms with van der Waals surface area (Å²) in [6.45, 7) is 0. The molecular weight excluding hydrogens is 375 g/mol. The molecule has 7 heteroatoms. The summed E-state index contributed by atoms with van der Waals surface area (Å²) in [5, 5.41) is 20.8. The van der Waals surface area contributed by atoms with E-state index >= 15 is 0 Å². The van der Waals surface area contributed by atoms with Gasteiger partial charge in [-0.3, -0.25) is 19.5 Å². The van der Waals surface area contributed by atoms with Crippen molar-refractivity contribution in [2.24, 2.45) is 0 Å². The van der Waals surface area contributed by atoms with Gasteiger partial charge in [0.05, 0.1) is 11.6 Å². The number of ketones is 1. The number of amides is 1. The number of nitrogens with zero attached hydrogens (tertiary/aromatic N) is 2. The Kier molecular flexibility index (Phi) is 4.56. The zero-order chi connectivity index (χ0) is 20.5. The second-order valence-electron chi connectivity index (χ2n) is 6.48. The van der Waals surface area contributed by atoms with E-state index in [0.29, 0.717) is 11.1 Å². The van der Waals surface area contributed by atoms with Gasteiger partial charge in [0.25, 0.3) is 11.7 Å². The fourth-order valence-corrected chi connectivity index (χ4v) is 3.40. The van der Waals surface area contributed by atoms with Crippen LogP contribution in [0.25, 0.3) is 5.76 Å². The molecule has 1 aliphatic rings. The quantitative estimate of drug-likeness (QED) is 0.405. The third-order valence-electron chi connectivity index (χ3n) is 4.67. The van der Waals surface area contributed by atoms with Crippen LogP contribution in [-0.2, 0) is 9.59 Å². The number of aliphatic hydroxyl groups is 1. The van der Waals surface area contributed by atoms with Crippen molar-refractivity contribution in [1.29, 1.82) is 0 Å². The summed E-state index contributed by atoms with van der Waals surface area (Å²) in [6, 6.07) is 13.2. The van der Waals surface area contributed by atoms with Gasteiger partial charge >= 0.3 is 0 Å². The zero-order valence-corrected chi connectivity index (χ0v) is 15.0.